The maximum absolute atomic E-state index is 13.3. The largest absolute Gasteiger partial charge is 0.366 e. The first-order valence-electron chi connectivity index (χ1n) is 11.8. The Morgan fingerprint density at radius 1 is 1.15 bits per heavy atom. The van der Waals surface area contributed by atoms with Gasteiger partial charge in [0.25, 0.3) is 0 Å². The smallest absolute Gasteiger partial charge is 0.248 e. The summed E-state index contributed by atoms with van der Waals surface area (Å²) in [5, 5.41) is 3.16. The number of primary amides is 1. The normalized spacial score (nSPS) is 19.4. The first-order chi connectivity index (χ1) is 16.3. The van der Waals surface area contributed by atoms with Crippen LogP contribution in [0.2, 0.25) is 0 Å². The van der Waals surface area contributed by atoms with Crippen LogP contribution in [0.4, 0.5) is 0 Å². The van der Waals surface area contributed by atoms with Crippen LogP contribution in [-0.4, -0.2) is 54.7 Å². The standard InChI is InChI=1S/C26H34N6O2/c1-18(30(2)3)28-29-26(34)23-17-31(13-11-20(23)15-19-7-5-4-6-8-19)32-14-12-21-16-22(25(27)33)9-10-24(21)32/h4-10,12,14,16,18,20,23,28H,11,13,15,17H2,1-3H3,(H2,27,33)(H,29,34). The van der Waals surface area contributed by atoms with E-state index >= 15 is 0 Å². The van der Waals surface area contributed by atoms with Gasteiger partial charge in [-0.2, -0.15) is 0 Å². The third kappa shape index (κ3) is 5.24. The van der Waals surface area contributed by atoms with Gasteiger partial charge in [-0.15, -0.1) is 0 Å². The van der Waals surface area contributed by atoms with Crippen LogP contribution in [0.15, 0.2) is 60.8 Å². The molecule has 180 valence electrons. The minimum atomic E-state index is -0.437. The number of hydrogen-bond acceptors (Lipinski definition) is 5. The zero-order valence-electron chi connectivity index (χ0n) is 20.1. The van der Waals surface area contributed by atoms with Crippen LogP contribution in [0.25, 0.3) is 10.9 Å². The van der Waals surface area contributed by atoms with E-state index in [0.29, 0.717) is 12.1 Å². The molecule has 0 radical (unpaired) electrons. The Labute approximate surface area is 200 Å². The minimum Gasteiger partial charge on any atom is -0.366 e. The Morgan fingerprint density at radius 2 is 1.91 bits per heavy atom. The van der Waals surface area contributed by atoms with Crippen LogP contribution in [0.3, 0.4) is 0 Å². The molecule has 2 aromatic carbocycles. The lowest BCUT2D eigenvalue weighted by Gasteiger charge is -2.40. The van der Waals surface area contributed by atoms with Crippen LogP contribution in [0.5, 0.6) is 0 Å². The van der Waals surface area contributed by atoms with Crippen molar-refractivity contribution in [3.63, 3.8) is 0 Å². The number of hydrogen-bond donors (Lipinski definition) is 3. The van der Waals surface area contributed by atoms with Crippen molar-refractivity contribution in [2.24, 2.45) is 17.6 Å². The molecule has 0 aliphatic carbocycles. The minimum absolute atomic E-state index is 0.00630. The molecule has 8 heteroatoms. The molecule has 3 aromatic rings. The summed E-state index contributed by atoms with van der Waals surface area (Å²) in [6, 6.07) is 17.8. The summed E-state index contributed by atoms with van der Waals surface area (Å²) >= 11 is 0. The van der Waals surface area contributed by atoms with Gasteiger partial charge in [-0.3, -0.25) is 24.6 Å². The first-order valence-corrected chi connectivity index (χ1v) is 11.8. The Balaban J connectivity index is 1.56. The van der Waals surface area contributed by atoms with Gasteiger partial charge in [-0.25, -0.2) is 5.43 Å². The fourth-order valence-electron chi connectivity index (χ4n) is 4.56. The molecule has 2 heterocycles. The van der Waals surface area contributed by atoms with Gasteiger partial charge in [0.15, 0.2) is 0 Å². The number of nitrogens with one attached hydrogen (secondary N) is 2. The lowest BCUT2D eigenvalue weighted by molar-refractivity contribution is -0.128. The van der Waals surface area contributed by atoms with Crippen molar-refractivity contribution in [1.29, 1.82) is 0 Å². The number of rotatable bonds is 8. The van der Waals surface area contributed by atoms with E-state index in [0.717, 1.165) is 30.3 Å². The van der Waals surface area contributed by atoms with Crippen LogP contribution < -0.4 is 21.6 Å². The predicted octanol–water partition coefficient (Wildman–Crippen LogP) is 2.09. The molecule has 0 saturated carbocycles. The number of nitrogens with zero attached hydrogens (tertiary/aromatic N) is 3. The van der Waals surface area contributed by atoms with E-state index in [-0.39, 0.29) is 23.9 Å². The van der Waals surface area contributed by atoms with Crippen LogP contribution in [0, 0.1) is 11.8 Å². The van der Waals surface area contributed by atoms with Crippen molar-refractivity contribution < 1.29 is 9.59 Å². The highest BCUT2D eigenvalue weighted by Gasteiger charge is 2.35. The zero-order valence-corrected chi connectivity index (χ0v) is 20.1. The maximum atomic E-state index is 13.3. The summed E-state index contributed by atoms with van der Waals surface area (Å²) in [6.07, 6.45) is 3.78. The third-order valence-corrected chi connectivity index (χ3v) is 6.85. The van der Waals surface area contributed by atoms with Crippen molar-refractivity contribution in [3.05, 3.63) is 71.9 Å². The van der Waals surface area contributed by atoms with Gasteiger partial charge in [0.2, 0.25) is 11.8 Å². The molecule has 2 amide bonds. The van der Waals surface area contributed by atoms with Gasteiger partial charge < -0.3 is 10.7 Å². The number of nitrogens with two attached hydrogens (primary N) is 1. The van der Waals surface area contributed by atoms with Gasteiger partial charge in [0, 0.05) is 30.2 Å². The lowest BCUT2D eigenvalue weighted by atomic mass is 9.81. The van der Waals surface area contributed by atoms with Gasteiger partial charge in [-0.1, -0.05) is 30.3 Å². The molecule has 0 spiro atoms. The first kappa shape index (κ1) is 23.8. The molecule has 0 bridgehead atoms. The number of fused-ring (bicyclic) bond motifs is 1. The number of amides is 2. The molecule has 1 saturated heterocycles. The molecular weight excluding hydrogens is 428 g/mol. The molecule has 3 atom stereocenters. The van der Waals surface area contributed by atoms with Crippen molar-refractivity contribution in [2.75, 3.05) is 32.2 Å². The van der Waals surface area contributed by atoms with Crippen molar-refractivity contribution in [3.8, 4) is 0 Å². The van der Waals surface area contributed by atoms with E-state index in [4.69, 9.17) is 5.73 Å². The van der Waals surface area contributed by atoms with Crippen LogP contribution in [0.1, 0.15) is 29.3 Å². The Bertz CT molecular complexity index is 1140. The highest BCUT2D eigenvalue weighted by Crippen LogP contribution is 2.29. The number of benzene rings is 2. The SMILES string of the molecule is CC(NNC(=O)C1CN(n2ccc3cc(C(N)=O)ccc32)CCC1Cc1ccccc1)N(C)C. The predicted molar refractivity (Wildman–Crippen MR) is 135 cm³/mol. The monoisotopic (exact) mass is 462 g/mol. The molecule has 4 N–H and O–H groups in total. The summed E-state index contributed by atoms with van der Waals surface area (Å²) in [4.78, 5) is 26.9. The molecule has 3 unspecified atom stereocenters. The van der Waals surface area contributed by atoms with Crippen LogP contribution in [-0.2, 0) is 11.2 Å². The summed E-state index contributed by atoms with van der Waals surface area (Å²) < 4.78 is 2.09. The molecule has 4 rings (SSSR count). The fourth-order valence-corrected chi connectivity index (χ4v) is 4.56. The molecular formula is C26H34N6O2. The topological polar surface area (TPSA) is 95.6 Å². The second-order valence-corrected chi connectivity index (χ2v) is 9.33. The number of aromatic nitrogens is 1. The van der Waals surface area contributed by atoms with Gasteiger partial charge in [0.1, 0.15) is 0 Å². The number of piperidine rings is 1. The second-order valence-electron chi connectivity index (χ2n) is 9.33. The highest BCUT2D eigenvalue weighted by atomic mass is 16.2. The van der Waals surface area contributed by atoms with Crippen LogP contribution >= 0.6 is 0 Å². The quantitative estimate of drug-likeness (QED) is 0.352. The van der Waals surface area contributed by atoms with Crippen molar-refractivity contribution >= 4 is 22.7 Å². The summed E-state index contributed by atoms with van der Waals surface area (Å²) in [5.41, 5.74) is 14.2. The Hall–Kier alpha value is -3.36. The maximum Gasteiger partial charge on any atom is 0.248 e. The van der Waals surface area contributed by atoms with Gasteiger partial charge >= 0.3 is 0 Å². The average Bonchev–Trinajstić information content (AvgIpc) is 3.26. The van der Waals surface area contributed by atoms with Crippen molar-refractivity contribution in [2.45, 2.75) is 25.9 Å². The molecule has 1 aliphatic heterocycles. The Morgan fingerprint density at radius 3 is 2.62 bits per heavy atom. The highest BCUT2D eigenvalue weighted by molar-refractivity contribution is 5.97. The summed E-state index contributed by atoms with van der Waals surface area (Å²) in [6.45, 7) is 3.44. The summed E-state index contributed by atoms with van der Waals surface area (Å²) in [7, 11) is 3.93. The van der Waals surface area contributed by atoms with E-state index in [1.54, 1.807) is 6.07 Å². The molecule has 1 fully saturated rings. The Kier molecular flexibility index (Phi) is 7.19. The van der Waals surface area contributed by atoms with Crippen molar-refractivity contribution in [1.82, 2.24) is 20.4 Å². The van der Waals surface area contributed by atoms with E-state index in [1.165, 1.54) is 5.56 Å². The molecule has 34 heavy (non-hydrogen) atoms. The van der Waals surface area contributed by atoms with Gasteiger partial charge in [-0.05, 0) is 69.6 Å². The van der Waals surface area contributed by atoms with E-state index in [9.17, 15) is 9.59 Å². The summed E-state index contributed by atoms with van der Waals surface area (Å²) in [5.74, 6) is -0.379. The van der Waals surface area contributed by atoms with E-state index in [2.05, 4.69) is 32.7 Å². The molecule has 1 aromatic heterocycles. The fraction of sp³-hybridized carbons (Fsp3) is 0.385. The second kappa shape index (κ2) is 10.3. The third-order valence-electron chi connectivity index (χ3n) is 6.85. The average molecular weight is 463 g/mol. The molecule has 8 nitrogen and oxygen atoms in total. The number of hydrazine groups is 1. The lowest BCUT2D eigenvalue weighted by Crippen LogP contribution is -2.56. The number of carbonyl (C=O) groups excluding carboxylic acids is 2. The zero-order chi connectivity index (χ0) is 24.2. The molecule has 1 aliphatic rings. The number of carbonyl (C=O) groups is 2. The van der Waals surface area contributed by atoms with E-state index < -0.39 is 5.91 Å². The van der Waals surface area contributed by atoms with E-state index in [1.807, 2.05) is 68.5 Å². The van der Waals surface area contributed by atoms with Gasteiger partial charge in [0.05, 0.1) is 17.6 Å².